The molecule has 2 amide bonds. The van der Waals surface area contributed by atoms with Crippen LogP contribution in [0.15, 0.2) is 102 Å². The first-order valence-electron chi connectivity index (χ1n) is 14.0. The highest BCUT2D eigenvalue weighted by atomic mass is 35.5. The van der Waals surface area contributed by atoms with Crippen molar-refractivity contribution in [2.75, 3.05) is 30.2 Å². The third-order valence-corrected chi connectivity index (χ3v) is 9.45. The van der Waals surface area contributed by atoms with Gasteiger partial charge in [-0.05, 0) is 54.6 Å². The maximum Gasteiger partial charge on any atom is 0.274 e. The van der Waals surface area contributed by atoms with Crippen molar-refractivity contribution in [3.63, 3.8) is 0 Å². The number of ether oxygens (including phenoxy) is 2. The SMILES string of the molecule is C=CC(=O)Nc1ccc(S(=O)(=O)n2c(=O)c(-c3c(Cl)c(OC)cc(OC)c3Cl)cc3cnc(Nc4ccccc4NC(=O)C=C)nc32)cc1. The lowest BCUT2D eigenvalue weighted by Gasteiger charge is -2.17. The van der Waals surface area contributed by atoms with Crippen molar-refractivity contribution in [2.45, 2.75) is 4.90 Å². The molecule has 5 rings (SSSR count). The maximum atomic E-state index is 14.4. The van der Waals surface area contributed by atoms with Crippen molar-refractivity contribution < 1.29 is 27.5 Å². The maximum absolute atomic E-state index is 14.4. The summed E-state index contributed by atoms with van der Waals surface area (Å²) in [5, 5.41) is 8.10. The van der Waals surface area contributed by atoms with Gasteiger partial charge in [0.25, 0.3) is 15.6 Å². The average molecular weight is 722 g/mol. The standard InChI is InChI=1S/C33H26Cl2N6O7S/c1-5-26(42)37-19-11-13-20(14-12-19)49(45,46)41-31-18(15-21(32(41)44)28-29(34)24(47-3)16-25(48-4)30(28)35)17-36-33(40-31)39-23-10-8-7-9-22(23)38-27(43)6-2/h5-17H,1-2H2,3-4H3,(H,37,42)(H,38,43)(H,36,39,40). The molecule has 250 valence electrons. The Hall–Kier alpha value is -5.70. The van der Waals surface area contributed by atoms with Gasteiger partial charge in [0, 0.05) is 28.9 Å². The zero-order valence-corrected chi connectivity index (χ0v) is 28.1. The van der Waals surface area contributed by atoms with Crippen LogP contribution in [0.5, 0.6) is 11.5 Å². The molecule has 0 unspecified atom stereocenters. The number of hydrogen-bond acceptors (Lipinski definition) is 10. The quantitative estimate of drug-likeness (QED) is 0.137. The van der Waals surface area contributed by atoms with E-state index in [2.05, 4.69) is 39.1 Å². The Morgan fingerprint density at radius 1 is 0.878 bits per heavy atom. The number of amides is 2. The number of rotatable bonds is 11. The minimum atomic E-state index is -4.72. The molecule has 16 heteroatoms. The molecular weight excluding hydrogens is 695 g/mol. The highest BCUT2D eigenvalue weighted by molar-refractivity contribution is 7.90. The molecule has 3 N–H and O–H groups in total. The number of anilines is 4. The van der Waals surface area contributed by atoms with Crippen LogP contribution in [0.1, 0.15) is 0 Å². The van der Waals surface area contributed by atoms with Crippen LogP contribution in [0, 0.1) is 0 Å². The molecule has 0 saturated carbocycles. The molecule has 0 bridgehead atoms. The summed E-state index contributed by atoms with van der Waals surface area (Å²) in [7, 11) is -2.01. The second kappa shape index (κ2) is 14.2. The molecule has 0 spiro atoms. The Morgan fingerprint density at radius 2 is 1.47 bits per heavy atom. The fraction of sp³-hybridized carbons (Fsp3) is 0.0606. The van der Waals surface area contributed by atoms with Gasteiger partial charge in [-0.3, -0.25) is 14.4 Å². The van der Waals surface area contributed by atoms with Crippen LogP contribution in [-0.2, 0) is 19.6 Å². The molecule has 0 fully saturated rings. The number of methoxy groups -OCH3 is 2. The van der Waals surface area contributed by atoms with E-state index in [-0.39, 0.29) is 60.2 Å². The third-order valence-electron chi connectivity index (χ3n) is 7.01. The van der Waals surface area contributed by atoms with Crippen molar-refractivity contribution in [1.82, 2.24) is 13.9 Å². The van der Waals surface area contributed by atoms with Crippen LogP contribution < -0.4 is 31.0 Å². The zero-order valence-electron chi connectivity index (χ0n) is 25.8. The van der Waals surface area contributed by atoms with E-state index in [9.17, 15) is 22.8 Å². The number of nitrogens with zero attached hydrogens (tertiary/aromatic N) is 3. The minimum absolute atomic E-state index is 0.0491. The molecule has 49 heavy (non-hydrogen) atoms. The molecule has 2 heterocycles. The summed E-state index contributed by atoms with van der Waals surface area (Å²) in [5.41, 5.74) is -0.621. The molecule has 0 aliphatic heterocycles. The van der Waals surface area contributed by atoms with Gasteiger partial charge in [0.1, 0.15) is 11.5 Å². The third kappa shape index (κ3) is 6.83. The fourth-order valence-electron chi connectivity index (χ4n) is 4.67. The normalized spacial score (nSPS) is 11.0. The molecule has 5 aromatic rings. The summed E-state index contributed by atoms with van der Waals surface area (Å²) in [6, 6.07) is 14.5. The number of nitrogens with one attached hydrogen (secondary N) is 3. The second-order valence-corrected chi connectivity index (χ2v) is 12.5. The predicted octanol–water partition coefficient (Wildman–Crippen LogP) is 6.01. The fourth-order valence-corrected chi connectivity index (χ4v) is 6.75. The highest BCUT2D eigenvalue weighted by Crippen LogP contribution is 2.45. The number of aromatic nitrogens is 3. The van der Waals surface area contributed by atoms with Crippen LogP contribution in [0.3, 0.4) is 0 Å². The second-order valence-electron chi connectivity index (χ2n) is 9.97. The van der Waals surface area contributed by atoms with Crippen LogP contribution in [0.25, 0.3) is 22.2 Å². The Morgan fingerprint density at radius 3 is 2.06 bits per heavy atom. The molecule has 2 aromatic heterocycles. The summed E-state index contributed by atoms with van der Waals surface area (Å²) >= 11 is 13.3. The molecular formula is C33H26Cl2N6O7S. The first-order valence-corrected chi connectivity index (χ1v) is 16.2. The first kappa shape index (κ1) is 34.6. The van der Waals surface area contributed by atoms with E-state index in [1.54, 1.807) is 24.3 Å². The van der Waals surface area contributed by atoms with Crippen LogP contribution in [0.2, 0.25) is 10.0 Å². The number of fused-ring (bicyclic) bond motifs is 1. The highest BCUT2D eigenvalue weighted by Gasteiger charge is 2.28. The predicted molar refractivity (Wildman–Crippen MR) is 189 cm³/mol. The summed E-state index contributed by atoms with van der Waals surface area (Å²) in [5.74, 6) is -0.854. The van der Waals surface area contributed by atoms with E-state index >= 15 is 0 Å². The van der Waals surface area contributed by atoms with Crippen molar-refractivity contribution in [3.05, 3.63) is 113 Å². The van der Waals surface area contributed by atoms with E-state index in [4.69, 9.17) is 32.7 Å². The van der Waals surface area contributed by atoms with Gasteiger partial charge in [0.2, 0.25) is 17.8 Å². The van der Waals surface area contributed by atoms with E-state index in [0.29, 0.717) is 15.3 Å². The molecule has 0 aliphatic rings. The van der Waals surface area contributed by atoms with Crippen molar-refractivity contribution in [1.29, 1.82) is 0 Å². The summed E-state index contributed by atoms with van der Waals surface area (Å²) in [6.07, 6.45) is 3.46. The summed E-state index contributed by atoms with van der Waals surface area (Å²) in [6.45, 7) is 6.85. The lowest BCUT2D eigenvalue weighted by atomic mass is 10.0. The van der Waals surface area contributed by atoms with Gasteiger partial charge >= 0.3 is 0 Å². The molecule has 0 radical (unpaired) electrons. The van der Waals surface area contributed by atoms with Gasteiger partial charge in [-0.15, -0.1) is 0 Å². The Labute approximate surface area is 289 Å². The summed E-state index contributed by atoms with van der Waals surface area (Å²) < 4.78 is 39.9. The molecule has 0 aliphatic carbocycles. The smallest absolute Gasteiger partial charge is 0.274 e. The van der Waals surface area contributed by atoms with E-state index in [1.165, 1.54) is 56.8 Å². The zero-order chi connectivity index (χ0) is 35.5. The lowest BCUT2D eigenvalue weighted by molar-refractivity contribution is -0.112. The average Bonchev–Trinajstić information content (AvgIpc) is 3.09. The lowest BCUT2D eigenvalue weighted by Crippen LogP contribution is -2.30. The largest absolute Gasteiger partial charge is 0.495 e. The van der Waals surface area contributed by atoms with Crippen molar-refractivity contribution in [3.8, 4) is 22.6 Å². The van der Waals surface area contributed by atoms with Gasteiger partial charge < -0.3 is 25.4 Å². The van der Waals surface area contributed by atoms with Gasteiger partial charge in [-0.1, -0.05) is 48.5 Å². The number of benzene rings is 3. The Balaban J connectivity index is 1.77. The molecule has 0 atom stereocenters. The van der Waals surface area contributed by atoms with Gasteiger partial charge in [-0.2, -0.15) is 8.96 Å². The van der Waals surface area contributed by atoms with Crippen molar-refractivity contribution in [2.24, 2.45) is 0 Å². The molecule has 0 saturated heterocycles. The monoisotopic (exact) mass is 720 g/mol. The molecule has 13 nitrogen and oxygen atoms in total. The summed E-state index contributed by atoms with van der Waals surface area (Å²) in [4.78, 5) is 46.6. The van der Waals surface area contributed by atoms with Crippen LogP contribution in [0.4, 0.5) is 23.0 Å². The number of carbonyl (C=O) groups excluding carboxylic acids is 2. The van der Waals surface area contributed by atoms with Crippen LogP contribution >= 0.6 is 23.2 Å². The number of halogens is 2. The van der Waals surface area contributed by atoms with Crippen LogP contribution in [-0.4, -0.2) is 48.4 Å². The minimum Gasteiger partial charge on any atom is -0.495 e. The van der Waals surface area contributed by atoms with Gasteiger partial charge in [0.15, 0.2) is 5.65 Å². The Kier molecular flexibility index (Phi) is 10.0. The van der Waals surface area contributed by atoms with E-state index in [0.717, 1.165) is 12.2 Å². The van der Waals surface area contributed by atoms with E-state index < -0.39 is 27.4 Å². The number of hydrogen-bond donors (Lipinski definition) is 3. The van der Waals surface area contributed by atoms with E-state index in [1.807, 2.05) is 0 Å². The number of para-hydroxylation sites is 2. The van der Waals surface area contributed by atoms with Crippen molar-refractivity contribution >= 4 is 79.1 Å². The van der Waals surface area contributed by atoms with Gasteiger partial charge in [-0.25, -0.2) is 13.4 Å². The number of carbonyl (C=O) groups is 2. The van der Waals surface area contributed by atoms with Gasteiger partial charge in [0.05, 0.1) is 46.1 Å². The molecule has 3 aromatic carbocycles. The first-order chi connectivity index (χ1) is 23.4. The number of pyridine rings is 1. The Bertz CT molecular complexity index is 2300. The topological polar surface area (TPSA) is 171 Å².